The van der Waals surface area contributed by atoms with E-state index < -0.39 is 74.9 Å². The second-order valence-corrected chi connectivity index (χ2v) is 13.5. The number of allylic oxidation sites excluding steroid dienone is 4. The lowest BCUT2D eigenvalue weighted by Crippen LogP contribution is -2.27. The Hall–Kier alpha value is -2.12. The maximum Gasteiger partial charge on any atom is 0.172 e. The van der Waals surface area contributed by atoms with Gasteiger partial charge in [0.2, 0.25) is 0 Å². The molecule has 0 N–H and O–H groups in total. The van der Waals surface area contributed by atoms with E-state index in [0.29, 0.717) is 23.9 Å². The third-order valence-corrected chi connectivity index (χ3v) is 10.7. The van der Waals surface area contributed by atoms with Gasteiger partial charge >= 0.3 is 0 Å². The van der Waals surface area contributed by atoms with Gasteiger partial charge in [-0.15, -0.1) is 10.2 Å². The zero-order valence-corrected chi connectivity index (χ0v) is 24.6. The summed E-state index contributed by atoms with van der Waals surface area (Å²) >= 11 is 3.01. The molecule has 0 saturated carbocycles. The van der Waals surface area contributed by atoms with Crippen LogP contribution in [0.3, 0.4) is 0 Å². The standard InChI is InChI=1S/C28H26F7N3S3/c1-3-5-7-9-14-36-37-27(39-14)20-22(31)17-13(29)11-12-16(18(17)24(33)26(20)35)23(32)25(34)19(21(12)30)28-38-41-15(40-28)10-8-6-4-2/h11-12,15-16H,3-10H2,1-2H3. The molecule has 2 aromatic rings. The molecule has 3 atom stereocenters. The minimum absolute atomic E-state index is 0.0982. The van der Waals surface area contributed by atoms with Crippen LogP contribution < -0.4 is 0 Å². The molecule has 0 bridgehead atoms. The van der Waals surface area contributed by atoms with Crippen molar-refractivity contribution in [2.24, 2.45) is 10.3 Å². The van der Waals surface area contributed by atoms with E-state index >= 15 is 30.7 Å². The average molecular weight is 634 g/mol. The van der Waals surface area contributed by atoms with Crippen molar-refractivity contribution in [1.82, 2.24) is 10.2 Å². The Kier molecular flexibility index (Phi) is 9.34. The van der Waals surface area contributed by atoms with Gasteiger partial charge in [-0.2, -0.15) is 0 Å². The maximum absolute atomic E-state index is 15.8. The first-order chi connectivity index (χ1) is 19.7. The fourth-order valence-corrected chi connectivity index (χ4v) is 8.37. The van der Waals surface area contributed by atoms with Gasteiger partial charge in [-0.05, 0) is 30.9 Å². The highest BCUT2D eigenvalue weighted by Crippen LogP contribution is 2.56. The molecule has 3 aliphatic rings. The number of fused-ring (bicyclic) bond motifs is 3. The number of benzene rings is 1. The number of hydrogen-bond donors (Lipinski definition) is 0. The van der Waals surface area contributed by atoms with E-state index in [1.165, 1.54) is 0 Å². The summed E-state index contributed by atoms with van der Waals surface area (Å²) in [6, 6.07) is 0. The molecule has 1 aromatic carbocycles. The van der Waals surface area contributed by atoms with Crippen molar-refractivity contribution >= 4 is 45.9 Å². The molecule has 3 unspecified atom stereocenters. The van der Waals surface area contributed by atoms with Crippen LogP contribution >= 0.6 is 35.0 Å². The zero-order chi connectivity index (χ0) is 29.4. The number of aryl methyl sites for hydroxylation is 1. The summed E-state index contributed by atoms with van der Waals surface area (Å²) in [6.45, 7) is 4.04. The number of aromatic nitrogens is 2. The Labute approximate surface area is 245 Å². The van der Waals surface area contributed by atoms with E-state index in [0.717, 1.165) is 73.6 Å². The van der Waals surface area contributed by atoms with Gasteiger partial charge in [-0.3, -0.25) is 0 Å². The molecule has 13 heteroatoms. The lowest BCUT2D eigenvalue weighted by Gasteiger charge is -2.33. The largest absolute Gasteiger partial charge is 0.210 e. The van der Waals surface area contributed by atoms with Crippen molar-refractivity contribution in [3.63, 3.8) is 0 Å². The minimum Gasteiger partial charge on any atom is -0.210 e. The Bertz CT molecular complexity index is 1480. The highest BCUT2D eigenvalue weighted by Gasteiger charge is 2.48. The fourth-order valence-electron chi connectivity index (χ4n) is 5.17. The summed E-state index contributed by atoms with van der Waals surface area (Å²) in [7, 11) is 0. The molecule has 1 aliphatic heterocycles. The normalized spacial score (nSPS) is 22.2. The first-order valence-corrected chi connectivity index (χ1v) is 16.0. The Morgan fingerprint density at radius 3 is 2.27 bits per heavy atom. The van der Waals surface area contributed by atoms with Crippen molar-refractivity contribution in [2.45, 2.75) is 75.7 Å². The first-order valence-electron chi connectivity index (χ1n) is 13.5. The van der Waals surface area contributed by atoms with Crippen LogP contribution in [0.4, 0.5) is 30.7 Å². The number of rotatable bonds is 10. The SMILES string of the molecule is CCCCCc1nnc(-c2c(F)c(F)c3c(c2F)C(F)=CC2C(F)=C(C4=NSC(CCCCC)S4)C(F)=C(F)C32)s1. The predicted octanol–water partition coefficient (Wildman–Crippen LogP) is 10.5. The van der Waals surface area contributed by atoms with E-state index in [-0.39, 0.29) is 14.6 Å². The summed E-state index contributed by atoms with van der Waals surface area (Å²) in [5.41, 5.74) is -3.92. The van der Waals surface area contributed by atoms with E-state index in [1.54, 1.807) is 0 Å². The predicted molar refractivity (Wildman–Crippen MR) is 152 cm³/mol. The molecule has 2 aliphatic carbocycles. The lowest BCUT2D eigenvalue weighted by molar-refractivity contribution is 0.369. The average Bonchev–Trinajstić information content (AvgIpc) is 3.60. The third-order valence-electron chi connectivity index (χ3n) is 7.25. The van der Waals surface area contributed by atoms with Crippen LogP contribution in [0.2, 0.25) is 0 Å². The molecule has 5 rings (SSSR count). The summed E-state index contributed by atoms with van der Waals surface area (Å²) in [6.07, 6.45) is 7.23. The molecule has 2 heterocycles. The molecule has 220 valence electrons. The smallest absolute Gasteiger partial charge is 0.172 e. The molecule has 0 amide bonds. The van der Waals surface area contributed by atoms with Crippen LogP contribution in [-0.4, -0.2) is 19.8 Å². The van der Waals surface area contributed by atoms with Crippen LogP contribution in [0.5, 0.6) is 0 Å². The van der Waals surface area contributed by atoms with E-state index in [9.17, 15) is 0 Å². The summed E-state index contributed by atoms with van der Waals surface area (Å²) < 4.78 is 113. The molecule has 3 nitrogen and oxygen atoms in total. The zero-order valence-electron chi connectivity index (χ0n) is 22.2. The van der Waals surface area contributed by atoms with Gasteiger partial charge in [0.15, 0.2) is 22.5 Å². The summed E-state index contributed by atoms with van der Waals surface area (Å²) in [5, 5.41) is 7.70. The van der Waals surface area contributed by atoms with Crippen molar-refractivity contribution in [3.8, 4) is 10.6 Å². The number of hydrogen-bond acceptors (Lipinski definition) is 6. The molecule has 0 spiro atoms. The van der Waals surface area contributed by atoms with Gasteiger partial charge in [0.1, 0.15) is 33.3 Å². The first kappa shape index (κ1) is 30.3. The van der Waals surface area contributed by atoms with Crippen molar-refractivity contribution in [2.75, 3.05) is 0 Å². The number of nitrogens with zero attached hydrogens (tertiary/aromatic N) is 3. The summed E-state index contributed by atoms with van der Waals surface area (Å²) in [5.74, 6) is -15.0. The number of thioether (sulfide) groups is 1. The van der Waals surface area contributed by atoms with Gasteiger partial charge < -0.3 is 0 Å². The molecule has 0 radical (unpaired) electrons. The molecule has 0 saturated heterocycles. The molecular weight excluding hydrogens is 608 g/mol. The molecule has 41 heavy (non-hydrogen) atoms. The second kappa shape index (κ2) is 12.6. The van der Waals surface area contributed by atoms with Crippen molar-refractivity contribution in [3.05, 3.63) is 62.7 Å². The Morgan fingerprint density at radius 2 is 1.54 bits per heavy atom. The lowest BCUT2D eigenvalue weighted by atomic mass is 9.73. The molecule has 1 aromatic heterocycles. The van der Waals surface area contributed by atoms with Crippen LogP contribution in [0.15, 0.2) is 33.5 Å². The molecular formula is C28H26F7N3S3. The Morgan fingerprint density at radius 1 is 0.805 bits per heavy atom. The highest BCUT2D eigenvalue weighted by atomic mass is 32.2. The van der Waals surface area contributed by atoms with Gasteiger partial charge in [0, 0.05) is 17.9 Å². The van der Waals surface area contributed by atoms with Crippen molar-refractivity contribution < 1.29 is 30.7 Å². The van der Waals surface area contributed by atoms with Crippen LogP contribution in [-0.2, 0) is 6.42 Å². The monoisotopic (exact) mass is 633 g/mol. The van der Waals surface area contributed by atoms with Crippen LogP contribution in [0, 0.1) is 23.4 Å². The topological polar surface area (TPSA) is 38.1 Å². The Balaban J connectivity index is 1.53. The fraction of sp³-hybridized carbons (Fsp3) is 0.464. The quantitative estimate of drug-likeness (QED) is 0.113. The summed E-state index contributed by atoms with van der Waals surface area (Å²) in [4.78, 5) is 0. The van der Waals surface area contributed by atoms with E-state index in [2.05, 4.69) is 14.6 Å². The van der Waals surface area contributed by atoms with Gasteiger partial charge in [0.25, 0.3) is 0 Å². The maximum atomic E-state index is 15.8. The van der Waals surface area contributed by atoms with Crippen molar-refractivity contribution in [1.29, 1.82) is 0 Å². The van der Waals surface area contributed by atoms with Gasteiger partial charge in [-0.1, -0.05) is 69.1 Å². The highest BCUT2D eigenvalue weighted by molar-refractivity contribution is 8.28. The second-order valence-electron chi connectivity index (χ2n) is 10.0. The van der Waals surface area contributed by atoms with Crippen LogP contribution in [0.25, 0.3) is 16.4 Å². The minimum atomic E-state index is -2.13. The third kappa shape index (κ3) is 5.53. The van der Waals surface area contributed by atoms with E-state index in [4.69, 9.17) is 0 Å². The number of halogens is 7. The molecule has 0 fully saturated rings. The number of unbranched alkanes of at least 4 members (excludes halogenated alkanes) is 4. The van der Waals surface area contributed by atoms with E-state index in [1.807, 2.05) is 13.8 Å². The van der Waals surface area contributed by atoms with Crippen LogP contribution in [0.1, 0.15) is 80.8 Å². The van der Waals surface area contributed by atoms with Gasteiger partial charge in [0.05, 0.1) is 27.2 Å². The van der Waals surface area contributed by atoms with Gasteiger partial charge in [-0.25, -0.2) is 35.1 Å².